The van der Waals surface area contributed by atoms with Gasteiger partial charge in [0.2, 0.25) is 0 Å². The molecule has 0 heterocycles. The Morgan fingerprint density at radius 2 is 2.14 bits per heavy atom. The van der Waals surface area contributed by atoms with Crippen molar-refractivity contribution in [1.82, 2.24) is 0 Å². The number of aliphatic carboxylic acids is 1. The van der Waals surface area contributed by atoms with E-state index in [9.17, 15) is 9.90 Å². The van der Waals surface area contributed by atoms with Gasteiger partial charge in [-0.3, -0.25) is 4.79 Å². The van der Waals surface area contributed by atoms with E-state index in [1.165, 1.54) is 11.8 Å². The van der Waals surface area contributed by atoms with Crippen molar-refractivity contribution in [2.45, 2.75) is 43.1 Å². The van der Waals surface area contributed by atoms with Gasteiger partial charge in [-0.2, -0.15) is 11.8 Å². The summed E-state index contributed by atoms with van der Waals surface area (Å²) < 4.78 is 0. The van der Waals surface area contributed by atoms with Gasteiger partial charge < -0.3 is 15.9 Å². The van der Waals surface area contributed by atoms with Crippen LogP contribution in [0.25, 0.3) is 0 Å². The first kappa shape index (κ1) is 11.8. The molecule has 0 radical (unpaired) electrons. The van der Waals surface area contributed by atoms with Crippen LogP contribution in [0.4, 0.5) is 0 Å². The molecule has 2 unspecified atom stereocenters. The molecule has 4 nitrogen and oxygen atoms in total. The quantitative estimate of drug-likeness (QED) is 0.639. The fourth-order valence-electron chi connectivity index (χ4n) is 1.57. The molecule has 0 saturated heterocycles. The summed E-state index contributed by atoms with van der Waals surface area (Å²) in [4.78, 5) is 10.5. The van der Waals surface area contributed by atoms with Gasteiger partial charge in [-0.15, -0.1) is 0 Å². The zero-order valence-electron chi connectivity index (χ0n) is 8.06. The zero-order valence-corrected chi connectivity index (χ0v) is 8.87. The number of carboxylic acids is 1. The molecule has 3 atom stereocenters. The van der Waals surface area contributed by atoms with Crippen LogP contribution in [0.2, 0.25) is 0 Å². The largest absolute Gasteiger partial charge is 0.480 e. The van der Waals surface area contributed by atoms with Crippen molar-refractivity contribution in [2.24, 2.45) is 5.73 Å². The van der Waals surface area contributed by atoms with Gasteiger partial charge in [-0.1, -0.05) is 12.8 Å². The number of hydrogen-bond acceptors (Lipinski definition) is 4. The highest BCUT2D eigenvalue weighted by molar-refractivity contribution is 8.00. The van der Waals surface area contributed by atoms with Gasteiger partial charge in [0.25, 0.3) is 0 Å². The van der Waals surface area contributed by atoms with Crippen LogP contribution in [0.15, 0.2) is 0 Å². The Morgan fingerprint density at radius 3 is 2.71 bits per heavy atom. The third kappa shape index (κ3) is 3.48. The highest BCUT2D eigenvalue weighted by atomic mass is 32.2. The lowest BCUT2D eigenvalue weighted by atomic mass is 9.97. The molecular weight excluding hydrogens is 202 g/mol. The Balaban J connectivity index is 2.25. The predicted octanol–water partition coefficient (Wildman–Crippen LogP) is 0.435. The van der Waals surface area contributed by atoms with Crippen LogP contribution in [0, 0.1) is 0 Å². The second kappa shape index (κ2) is 5.58. The molecule has 1 saturated carbocycles. The topological polar surface area (TPSA) is 83.5 Å². The first-order chi connectivity index (χ1) is 6.61. The van der Waals surface area contributed by atoms with Crippen LogP contribution >= 0.6 is 11.8 Å². The number of aliphatic hydroxyl groups is 1. The van der Waals surface area contributed by atoms with Gasteiger partial charge in [0.05, 0.1) is 6.10 Å². The first-order valence-corrected chi connectivity index (χ1v) is 5.94. The number of carboxylic acid groups (broad SMARTS) is 1. The van der Waals surface area contributed by atoms with E-state index < -0.39 is 12.0 Å². The molecule has 0 spiro atoms. The van der Waals surface area contributed by atoms with Crippen molar-refractivity contribution in [2.75, 3.05) is 5.75 Å². The number of aliphatic hydroxyl groups excluding tert-OH is 1. The number of rotatable bonds is 4. The van der Waals surface area contributed by atoms with Crippen molar-refractivity contribution in [3.63, 3.8) is 0 Å². The normalized spacial score (nSPS) is 29.9. The molecule has 0 aromatic heterocycles. The highest BCUT2D eigenvalue weighted by Crippen LogP contribution is 2.28. The summed E-state index contributed by atoms with van der Waals surface area (Å²) in [5, 5.41) is 18.4. The van der Waals surface area contributed by atoms with Crippen molar-refractivity contribution < 1.29 is 15.0 Å². The standard InChI is InChI=1S/C9H17NO3S/c10-6(9(12)13)5-14-8-4-2-1-3-7(8)11/h6-8,11H,1-5,10H2,(H,12,13)/t6-,7?,8?/m0/s1. The fraction of sp³-hybridized carbons (Fsp3) is 0.889. The summed E-state index contributed by atoms with van der Waals surface area (Å²) >= 11 is 1.49. The molecule has 1 aliphatic carbocycles. The summed E-state index contributed by atoms with van der Waals surface area (Å²) in [6.45, 7) is 0. The van der Waals surface area contributed by atoms with E-state index >= 15 is 0 Å². The van der Waals surface area contributed by atoms with Crippen LogP contribution in [0.5, 0.6) is 0 Å². The minimum absolute atomic E-state index is 0.175. The van der Waals surface area contributed by atoms with Gasteiger partial charge in [0, 0.05) is 11.0 Å². The average molecular weight is 219 g/mol. The molecule has 1 fully saturated rings. The van der Waals surface area contributed by atoms with Crippen molar-refractivity contribution >= 4 is 17.7 Å². The van der Waals surface area contributed by atoms with E-state index in [-0.39, 0.29) is 11.4 Å². The van der Waals surface area contributed by atoms with E-state index in [1.54, 1.807) is 0 Å². The Hall–Kier alpha value is -0.260. The first-order valence-electron chi connectivity index (χ1n) is 4.89. The van der Waals surface area contributed by atoms with Gasteiger partial charge in [0.15, 0.2) is 0 Å². The summed E-state index contributed by atoms with van der Waals surface area (Å²) in [5.74, 6) is -0.584. The average Bonchev–Trinajstić information content (AvgIpc) is 2.16. The number of hydrogen-bond donors (Lipinski definition) is 3. The van der Waals surface area contributed by atoms with E-state index in [0.717, 1.165) is 25.7 Å². The molecule has 0 aromatic carbocycles. The lowest BCUT2D eigenvalue weighted by Gasteiger charge is -2.27. The van der Waals surface area contributed by atoms with Crippen molar-refractivity contribution in [3.8, 4) is 0 Å². The monoisotopic (exact) mass is 219 g/mol. The third-order valence-electron chi connectivity index (χ3n) is 2.47. The van der Waals surface area contributed by atoms with E-state index in [0.29, 0.717) is 5.75 Å². The second-order valence-electron chi connectivity index (χ2n) is 3.67. The molecule has 0 aromatic rings. The van der Waals surface area contributed by atoms with Gasteiger partial charge in [-0.25, -0.2) is 0 Å². The predicted molar refractivity (Wildman–Crippen MR) is 56.3 cm³/mol. The fourth-order valence-corrected chi connectivity index (χ4v) is 2.86. The molecule has 0 bridgehead atoms. The maximum atomic E-state index is 10.5. The summed E-state index contributed by atoms with van der Waals surface area (Å²) in [6.07, 6.45) is 3.72. The van der Waals surface area contributed by atoms with Crippen LogP contribution in [-0.2, 0) is 4.79 Å². The molecule has 82 valence electrons. The Bertz CT molecular complexity index is 200. The van der Waals surface area contributed by atoms with Crippen LogP contribution < -0.4 is 5.73 Å². The molecular formula is C9H17NO3S. The van der Waals surface area contributed by atoms with Crippen molar-refractivity contribution in [3.05, 3.63) is 0 Å². The summed E-state index contributed by atoms with van der Waals surface area (Å²) in [7, 11) is 0. The van der Waals surface area contributed by atoms with E-state index in [1.807, 2.05) is 0 Å². The van der Waals surface area contributed by atoms with Gasteiger partial charge >= 0.3 is 5.97 Å². The lowest BCUT2D eigenvalue weighted by Crippen LogP contribution is -2.35. The SMILES string of the molecule is N[C@@H](CSC1CCCCC1O)C(=O)O. The molecule has 1 rings (SSSR count). The number of nitrogens with two attached hydrogens (primary N) is 1. The molecule has 0 aliphatic heterocycles. The summed E-state index contributed by atoms with van der Waals surface area (Å²) in [5.41, 5.74) is 5.38. The van der Waals surface area contributed by atoms with E-state index in [2.05, 4.69) is 0 Å². The Kier molecular flexibility index (Phi) is 4.71. The minimum Gasteiger partial charge on any atom is -0.480 e. The van der Waals surface area contributed by atoms with Crippen LogP contribution in [0.3, 0.4) is 0 Å². The second-order valence-corrected chi connectivity index (χ2v) is 4.94. The van der Waals surface area contributed by atoms with Gasteiger partial charge in [-0.05, 0) is 12.8 Å². The van der Waals surface area contributed by atoms with E-state index in [4.69, 9.17) is 10.8 Å². The molecule has 4 N–H and O–H groups in total. The minimum atomic E-state index is -0.970. The van der Waals surface area contributed by atoms with Crippen molar-refractivity contribution in [1.29, 1.82) is 0 Å². The molecule has 5 heteroatoms. The zero-order chi connectivity index (χ0) is 10.6. The molecule has 0 amide bonds. The smallest absolute Gasteiger partial charge is 0.321 e. The lowest BCUT2D eigenvalue weighted by molar-refractivity contribution is -0.137. The van der Waals surface area contributed by atoms with Crippen LogP contribution in [0.1, 0.15) is 25.7 Å². The highest BCUT2D eigenvalue weighted by Gasteiger charge is 2.24. The maximum absolute atomic E-state index is 10.5. The summed E-state index contributed by atoms with van der Waals surface area (Å²) in [6, 6.07) is -0.811. The number of thioether (sulfide) groups is 1. The molecule has 1 aliphatic rings. The number of carbonyl (C=O) groups is 1. The van der Waals surface area contributed by atoms with Crippen LogP contribution in [-0.4, -0.2) is 39.3 Å². The van der Waals surface area contributed by atoms with Gasteiger partial charge in [0.1, 0.15) is 6.04 Å². The third-order valence-corrected chi connectivity index (χ3v) is 4.00. The Labute approximate surface area is 87.9 Å². The Morgan fingerprint density at radius 1 is 1.50 bits per heavy atom. The molecule has 14 heavy (non-hydrogen) atoms. The maximum Gasteiger partial charge on any atom is 0.321 e.